The first-order chi connectivity index (χ1) is 11.7. The van der Waals surface area contributed by atoms with E-state index in [2.05, 4.69) is 15.6 Å². The van der Waals surface area contributed by atoms with Crippen LogP contribution in [-0.4, -0.2) is 51.1 Å². The van der Waals surface area contributed by atoms with Crippen LogP contribution in [0.1, 0.15) is 32.3 Å². The first-order valence-corrected chi connectivity index (χ1v) is 10.7. The fraction of sp³-hybridized carbons (Fsp3) is 0.611. The zero-order valence-corrected chi connectivity index (χ0v) is 16.1. The lowest BCUT2D eigenvalue weighted by Crippen LogP contribution is -2.42. The molecule has 0 amide bonds. The number of nitrogens with one attached hydrogen (secondary N) is 2. The molecule has 25 heavy (non-hydrogen) atoms. The normalized spacial score (nSPS) is 19.1. The van der Waals surface area contributed by atoms with Crippen LogP contribution in [0.25, 0.3) is 0 Å². The van der Waals surface area contributed by atoms with Gasteiger partial charge in [0, 0.05) is 24.8 Å². The second-order valence-electron chi connectivity index (χ2n) is 7.26. The van der Waals surface area contributed by atoms with E-state index in [0.717, 1.165) is 18.4 Å². The van der Waals surface area contributed by atoms with E-state index in [4.69, 9.17) is 0 Å². The Hall–Kier alpha value is -1.60. The van der Waals surface area contributed by atoms with Crippen LogP contribution in [0, 0.1) is 5.41 Å². The fourth-order valence-corrected chi connectivity index (χ4v) is 4.34. The third-order valence-corrected chi connectivity index (χ3v) is 5.58. The predicted octanol–water partition coefficient (Wildman–Crippen LogP) is 1.27. The third-order valence-electron chi connectivity index (χ3n) is 4.44. The predicted molar refractivity (Wildman–Crippen MR) is 101 cm³/mol. The highest BCUT2D eigenvalue weighted by Gasteiger charge is 2.45. The number of aliphatic hydroxyl groups is 1. The van der Waals surface area contributed by atoms with Gasteiger partial charge in [-0.05, 0) is 32.3 Å². The topological polar surface area (TPSA) is 90.8 Å². The summed E-state index contributed by atoms with van der Waals surface area (Å²) in [5, 5.41) is 17.0. The summed E-state index contributed by atoms with van der Waals surface area (Å²) in [6.45, 7) is 5.18. The highest BCUT2D eigenvalue weighted by atomic mass is 32.2. The van der Waals surface area contributed by atoms with Crippen molar-refractivity contribution in [2.45, 2.75) is 32.3 Å². The molecule has 1 aliphatic carbocycles. The van der Waals surface area contributed by atoms with Crippen molar-refractivity contribution >= 4 is 15.8 Å². The molecule has 7 heteroatoms. The first-order valence-electron chi connectivity index (χ1n) is 8.64. The Labute approximate surface area is 150 Å². The summed E-state index contributed by atoms with van der Waals surface area (Å²) >= 11 is 0. The smallest absolute Gasteiger partial charge is 0.191 e. The molecular weight excluding hydrogens is 338 g/mol. The molecular formula is C18H29N3O3S. The first kappa shape index (κ1) is 19.7. The summed E-state index contributed by atoms with van der Waals surface area (Å²) in [7, 11) is -2.99. The van der Waals surface area contributed by atoms with Gasteiger partial charge in [0.2, 0.25) is 0 Å². The van der Waals surface area contributed by atoms with Crippen molar-refractivity contribution in [3.05, 3.63) is 35.9 Å². The zero-order chi connectivity index (χ0) is 18.6. The summed E-state index contributed by atoms with van der Waals surface area (Å²) in [5.41, 5.74) is -0.426. The summed E-state index contributed by atoms with van der Waals surface area (Å²) in [6, 6.07) is 9.44. The van der Waals surface area contributed by atoms with Crippen molar-refractivity contribution in [1.29, 1.82) is 0 Å². The summed E-state index contributed by atoms with van der Waals surface area (Å²) in [5.74, 6) is 0.798. The van der Waals surface area contributed by atoms with Crippen LogP contribution in [0.15, 0.2) is 35.3 Å². The number of aliphatic imine (C=N–C) groups is 1. The van der Waals surface area contributed by atoms with Crippen LogP contribution >= 0.6 is 0 Å². The monoisotopic (exact) mass is 367 g/mol. The largest absolute Gasteiger partial charge is 0.384 e. The van der Waals surface area contributed by atoms with Gasteiger partial charge in [-0.25, -0.2) is 13.4 Å². The maximum Gasteiger partial charge on any atom is 0.191 e. The number of sulfone groups is 1. The molecule has 1 aromatic carbocycles. The Morgan fingerprint density at radius 2 is 1.92 bits per heavy atom. The molecule has 0 bridgehead atoms. The van der Waals surface area contributed by atoms with Gasteiger partial charge in [-0.1, -0.05) is 30.3 Å². The molecule has 0 spiro atoms. The lowest BCUT2D eigenvalue weighted by molar-refractivity contribution is 0.0672. The van der Waals surface area contributed by atoms with Gasteiger partial charge in [0.25, 0.3) is 0 Å². The SMILES string of the molecule is CCNC(=NCC(C)(O)c1ccccc1)NCC1(CS(C)(=O)=O)CC1. The van der Waals surface area contributed by atoms with Crippen molar-refractivity contribution in [2.75, 3.05) is 31.6 Å². The standard InChI is InChI=1S/C18H29N3O3S/c1-4-19-16(21-13-18(10-11-18)14-25(3,23)24)20-12-17(2,22)15-8-6-5-7-9-15/h5-9,22H,4,10-14H2,1-3H3,(H2,19,20,21). The maximum absolute atomic E-state index is 11.6. The van der Waals surface area contributed by atoms with Crippen LogP contribution in [0.4, 0.5) is 0 Å². The molecule has 1 fully saturated rings. The van der Waals surface area contributed by atoms with Crippen LogP contribution in [0.2, 0.25) is 0 Å². The van der Waals surface area contributed by atoms with Gasteiger partial charge in [-0.15, -0.1) is 0 Å². The molecule has 0 aromatic heterocycles. The molecule has 2 rings (SSSR count). The summed E-state index contributed by atoms with van der Waals surface area (Å²) < 4.78 is 23.1. The number of benzene rings is 1. The fourth-order valence-electron chi connectivity index (χ4n) is 2.84. The van der Waals surface area contributed by atoms with E-state index in [1.54, 1.807) is 6.92 Å². The van der Waals surface area contributed by atoms with Gasteiger partial charge in [0.05, 0.1) is 12.3 Å². The number of hydrogen-bond donors (Lipinski definition) is 3. The molecule has 140 valence electrons. The molecule has 1 saturated carbocycles. The number of nitrogens with zero attached hydrogens (tertiary/aromatic N) is 1. The Morgan fingerprint density at radius 1 is 1.28 bits per heavy atom. The van der Waals surface area contributed by atoms with Crippen LogP contribution in [-0.2, 0) is 15.4 Å². The van der Waals surface area contributed by atoms with Crippen LogP contribution in [0.3, 0.4) is 0 Å². The average molecular weight is 368 g/mol. The summed E-state index contributed by atoms with van der Waals surface area (Å²) in [4.78, 5) is 4.48. The van der Waals surface area contributed by atoms with Gasteiger partial charge in [-0.2, -0.15) is 0 Å². The molecule has 1 unspecified atom stereocenters. The maximum atomic E-state index is 11.6. The van der Waals surface area contributed by atoms with Gasteiger partial charge in [-0.3, -0.25) is 0 Å². The molecule has 1 aromatic rings. The minimum Gasteiger partial charge on any atom is -0.384 e. The minimum absolute atomic E-state index is 0.175. The Kier molecular flexibility index (Phi) is 6.11. The molecule has 1 aliphatic rings. The molecule has 3 N–H and O–H groups in total. The van der Waals surface area contributed by atoms with E-state index in [1.807, 2.05) is 37.3 Å². The van der Waals surface area contributed by atoms with Crippen molar-refractivity contribution in [3.8, 4) is 0 Å². The summed E-state index contributed by atoms with van der Waals surface area (Å²) in [6.07, 6.45) is 3.10. The van der Waals surface area contributed by atoms with E-state index in [1.165, 1.54) is 6.26 Å². The highest BCUT2D eigenvalue weighted by Crippen LogP contribution is 2.45. The highest BCUT2D eigenvalue weighted by molar-refractivity contribution is 7.90. The molecule has 0 aliphatic heterocycles. The van der Waals surface area contributed by atoms with Gasteiger partial charge < -0.3 is 15.7 Å². The quantitative estimate of drug-likeness (QED) is 0.476. The second kappa shape index (κ2) is 7.74. The van der Waals surface area contributed by atoms with Gasteiger partial charge in [0.15, 0.2) is 5.96 Å². The lowest BCUT2D eigenvalue weighted by Gasteiger charge is -2.23. The van der Waals surface area contributed by atoms with E-state index in [-0.39, 0.29) is 17.7 Å². The third kappa shape index (κ3) is 6.32. The van der Waals surface area contributed by atoms with E-state index in [9.17, 15) is 13.5 Å². The molecule has 0 heterocycles. The van der Waals surface area contributed by atoms with Crippen LogP contribution < -0.4 is 10.6 Å². The average Bonchev–Trinajstić information content (AvgIpc) is 3.29. The Bertz CT molecular complexity index is 696. The Morgan fingerprint density at radius 3 is 2.44 bits per heavy atom. The van der Waals surface area contributed by atoms with Crippen molar-refractivity contribution in [3.63, 3.8) is 0 Å². The molecule has 6 nitrogen and oxygen atoms in total. The number of hydrogen-bond acceptors (Lipinski definition) is 4. The van der Waals surface area contributed by atoms with Crippen LogP contribution in [0.5, 0.6) is 0 Å². The van der Waals surface area contributed by atoms with E-state index >= 15 is 0 Å². The second-order valence-corrected chi connectivity index (χ2v) is 9.40. The Balaban J connectivity index is 1.99. The van der Waals surface area contributed by atoms with Crippen molar-refractivity contribution < 1.29 is 13.5 Å². The number of guanidine groups is 1. The van der Waals surface area contributed by atoms with E-state index < -0.39 is 15.4 Å². The van der Waals surface area contributed by atoms with E-state index in [0.29, 0.717) is 19.0 Å². The van der Waals surface area contributed by atoms with Gasteiger partial charge >= 0.3 is 0 Å². The lowest BCUT2D eigenvalue weighted by atomic mass is 9.96. The molecule has 1 atom stereocenters. The van der Waals surface area contributed by atoms with Gasteiger partial charge in [0.1, 0.15) is 15.4 Å². The molecule has 0 saturated heterocycles. The zero-order valence-electron chi connectivity index (χ0n) is 15.2. The van der Waals surface area contributed by atoms with Crippen molar-refractivity contribution in [1.82, 2.24) is 10.6 Å². The number of rotatable bonds is 8. The minimum atomic E-state index is -2.99. The molecule has 0 radical (unpaired) electrons. The van der Waals surface area contributed by atoms with Crippen molar-refractivity contribution in [2.24, 2.45) is 10.4 Å².